The Morgan fingerprint density at radius 2 is 0.561 bits per heavy atom. The standard InChI is InChI=1S/C37H27GeN3/c1-38-35-29-20-11-22-31(35)40(27-16-7-3-8-17-27)33-24-13-25-34(37(33)38)41(28-18-9-4-10-19-28)32-23-12-21-30(36(32)38)39(29)26-14-5-2-6-15-26/h2-25H,1H3. The van der Waals surface area contributed by atoms with E-state index in [4.69, 9.17) is 0 Å². The first kappa shape index (κ1) is 23.0. The summed E-state index contributed by atoms with van der Waals surface area (Å²) >= 11 is -3.20. The fourth-order valence-electron chi connectivity index (χ4n) is 7.57. The molecule has 4 heteroatoms. The third kappa shape index (κ3) is 2.94. The van der Waals surface area contributed by atoms with E-state index in [9.17, 15) is 0 Å². The van der Waals surface area contributed by atoms with E-state index in [0.29, 0.717) is 0 Å². The van der Waals surface area contributed by atoms with Crippen LogP contribution in [0.1, 0.15) is 0 Å². The third-order valence-electron chi connectivity index (χ3n) is 9.05. The van der Waals surface area contributed by atoms with Crippen molar-refractivity contribution in [1.82, 2.24) is 0 Å². The Hall–Kier alpha value is -4.74. The van der Waals surface area contributed by atoms with Gasteiger partial charge in [0.2, 0.25) is 0 Å². The summed E-state index contributed by atoms with van der Waals surface area (Å²) in [4.78, 5) is 7.53. The van der Waals surface area contributed by atoms with Crippen LogP contribution in [-0.4, -0.2) is 13.3 Å². The molecule has 6 aromatic rings. The molecule has 0 radical (unpaired) electrons. The fourth-order valence-corrected chi connectivity index (χ4v) is 18.0. The molecule has 0 fully saturated rings. The van der Waals surface area contributed by atoms with Crippen LogP contribution in [0.4, 0.5) is 51.2 Å². The summed E-state index contributed by atoms with van der Waals surface area (Å²) in [6.45, 7) is 0. The van der Waals surface area contributed by atoms with Gasteiger partial charge in [-0.1, -0.05) is 0 Å². The number of benzene rings is 6. The van der Waals surface area contributed by atoms with Gasteiger partial charge in [-0.25, -0.2) is 0 Å². The van der Waals surface area contributed by atoms with E-state index >= 15 is 0 Å². The summed E-state index contributed by atoms with van der Waals surface area (Å²) < 4.78 is 4.61. The Bertz CT molecular complexity index is 1680. The molecular weight excluding hydrogens is 559 g/mol. The molecule has 0 aliphatic carbocycles. The van der Waals surface area contributed by atoms with Crippen molar-refractivity contribution in [1.29, 1.82) is 0 Å². The molecule has 3 nitrogen and oxygen atoms in total. The van der Waals surface area contributed by atoms with E-state index in [2.05, 4.69) is 166 Å². The van der Waals surface area contributed by atoms with Crippen molar-refractivity contribution in [2.75, 3.05) is 14.7 Å². The Kier molecular flexibility index (Phi) is 4.71. The molecular formula is C37H27GeN3. The van der Waals surface area contributed by atoms with Gasteiger partial charge in [0.25, 0.3) is 0 Å². The minimum atomic E-state index is -3.20. The van der Waals surface area contributed by atoms with Crippen LogP contribution in [0.3, 0.4) is 0 Å². The third-order valence-corrected chi connectivity index (χ3v) is 18.6. The van der Waals surface area contributed by atoms with Crippen molar-refractivity contribution in [3.63, 3.8) is 0 Å². The summed E-state index contributed by atoms with van der Waals surface area (Å²) in [6, 6.07) is 53.4. The fraction of sp³-hybridized carbons (Fsp3) is 0.0270. The maximum atomic E-state index is 2.64. The van der Waals surface area contributed by atoms with Gasteiger partial charge < -0.3 is 0 Å². The van der Waals surface area contributed by atoms with Gasteiger partial charge in [-0.05, 0) is 0 Å². The molecule has 3 aliphatic rings. The van der Waals surface area contributed by atoms with E-state index in [0.717, 1.165) is 0 Å². The number of anilines is 9. The summed E-state index contributed by atoms with van der Waals surface area (Å²) in [7, 11) is 0. The van der Waals surface area contributed by atoms with Crippen molar-refractivity contribution >= 4 is 77.6 Å². The summed E-state index contributed by atoms with van der Waals surface area (Å²) in [5, 5.41) is 0. The number of rotatable bonds is 3. The number of para-hydroxylation sites is 3. The molecule has 0 saturated carbocycles. The van der Waals surface area contributed by atoms with Crippen molar-refractivity contribution in [2.45, 2.75) is 5.76 Å². The molecule has 0 unspecified atom stereocenters. The second kappa shape index (κ2) is 8.39. The average Bonchev–Trinajstić information content (AvgIpc) is 3.03. The SMILES string of the molecule is [CH3][Ge]12[c]3c4cccc3N(c3ccccc3)c3cccc([c]31)N(c1ccccc1)c1cccc([c]12)N4c1ccccc1. The van der Waals surface area contributed by atoms with Crippen LogP contribution in [0, 0.1) is 0 Å². The number of hydrogen-bond donors (Lipinski definition) is 0. The van der Waals surface area contributed by atoms with E-state index < -0.39 is 13.3 Å². The molecule has 3 aliphatic heterocycles. The van der Waals surface area contributed by atoms with E-state index in [1.54, 1.807) is 0 Å². The van der Waals surface area contributed by atoms with Crippen LogP contribution >= 0.6 is 0 Å². The molecule has 0 saturated heterocycles. The molecule has 0 aromatic heterocycles. The molecule has 3 heterocycles. The Balaban J connectivity index is 1.47. The molecule has 0 amide bonds. The van der Waals surface area contributed by atoms with Gasteiger partial charge in [0.1, 0.15) is 0 Å². The van der Waals surface area contributed by atoms with Crippen LogP contribution < -0.4 is 27.9 Å². The number of nitrogens with zero attached hydrogens (tertiary/aromatic N) is 3. The van der Waals surface area contributed by atoms with E-state index in [1.165, 1.54) is 64.4 Å². The van der Waals surface area contributed by atoms with Gasteiger partial charge in [-0.15, -0.1) is 0 Å². The first-order valence-electron chi connectivity index (χ1n) is 14.2. The number of hydrogen-bond acceptors (Lipinski definition) is 3. The zero-order chi connectivity index (χ0) is 27.1. The predicted molar refractivity (Wildman–Crippen MR) is 175 cm³/mol. The van der Waals surface area contributed by atoms with Gasteiger partial charge in [0.05, 0.1) is 0 Å². The van der Waals surface area contributed by atoms with Crippen LogP contribution in [-0.2, 0) is 0 Å². The van der Waals surface area contributed by atoms with Crippen LogP contribution in [0.2, 0.25) is 5.76 Å². The minimum absolute atomic E-state index is 1.20. The normalized spacial score (nSPS) is 15.0. The zero-order valence-corrected chi connectivity index (χ0v) is 24.8. The molecule has 0 N–H and O–H groups in total. The molecule has 41 heavy (non-hydrogen) atoms. The summed E-state index contributed by atoms with van der Waals surface area (Å²) in [6.07, 6.45) is 0. The van der Waals surface area contributed by atoms with E-state index in [-0.39, 0.29) is 0 Å². The van der Waals surface area contributed by atoms with Gasteiger partial charge in [-0.3, -0.25) is 0 Å². The Morgan fingerprint density at radius 1 is 0.317 bits per heavy atom. The van der Waals surface area contributed by atoms with Crippen LogP contribution in [0.5, 0.6) is 0 Å². The molecule has 0 spiro atoms. The van der Waals surface area contributed by atoms with Crippen molar-refractivity contribution in [3.05, 3.63) is 146 Å². The predicted octanol–water partition coefficient (Wildman–Crippen LogP) is 8.14. The zero-order valence-electron chi connectivity index (χ0n) is 22.7. The maximum absolute atomic E-state index is 3.20. The molecule has 0 atom stereocenters. The Labute approximate surface area is 242 Å². The van der Waals surface area contributed by atoms with E-state index in [1.807, 2.05) is 0 Å². The van der Waals surface area contributed by atoms with Gasteiger partial charge in [-0.2, -0.15) is 0 Å². The van der Waals surface area contributed by atoms with Crippen molar-refractivity contribution < 1.29 is 0 Å². The average molecular weight is 586 g/mol. The first-order valence-corrected chi connectivity index (χ1v) is 19.5. The summed E-state index contributed by atoms with van der Waals surface area (Å²) in [5.74, 6) is 2.64. The van der Waals surface area contributed by atoms with Gasteiger partial charge >= 0.3 is 244 Å². The Morgan fingerprint density at radius 3 is 0.805 bits per heavy atom. The van der Waals surface area contributed by atoms with Gasteiger partial charge in [0, 0.05) is 0 Å². The van der Waals surface area contributed by atoms with Gasteiger partial charge in [0.15, 0.2) is 0 Å². The van der Waals surface area contributed by atoms with Crippen molar-refractivity contribution in [2.24, 2.45) is 0 Å². The summed E-state index contributed by atoms with van der Waals surface area (Å²) in [5.41, 5.74) is 11.5. The first-order chi connectivity index (χ1) is 20.3. The second-order valence-electron chi connectivity index (χ2n) is 11.2. The van der Waals surface area contributed by atoms with Crippen LogP contribution in [0.15, 0.2) is 146 Å². The quantitative estimate of drug-likeness (QED) is 0.194. The van der Waals surface area contributed by atoms with Crippen molar-refractivity contribution in [3.8, 4) is 0 Å². The van der Waals surface area contributed by atoms with Crippen LogP contribution in [0.25, 0.3) is 0 Å². The molecule has 194 valence electrons. The second-order valence-corrected chi connectivity index (χ2v) is 19.0. The molecule has 9 rings (SSSR count). The molecule has 0 bridgehead atoms. The molecule has 6 aromatic carbocycles. The topological polar surface area (TPSA) is 9.72 Å². The monoisotopic (exact) mass is 587 g/mol.